The number of likely N-dealkylation sites (N-methyl/N-ethyl adjacent to an activating group) is 1. The van der Waals surface area contributed by atoms with Crippen molar-refractivity contribution in [3.05, 3.63) is 60.3 Å². The predicted molar refractivity (Wildman–Crippen MR) is 136 cm³/mol. The van der Waals surface area contributed by atoms with Crippen molar-refractivity contribution in [2.45, 2.75) is 30.6 Å². The summed E-state index contributed by atoms with van der Waals surface area (Å²) in [6.45, 7) is 3.58. The molecule has 3 aromatic rings. The third kappa shape index (κ3) is 6.52. The van der Waals surface area contributed by atoms with Gasteiger partial charge in [-0.15, -0.1) is 13.2 Å². The van der Waals surface area contributed by atoms with Crippen LogP contribution in [0.2, 0.25) is 0 Å². The highest BCUT2D eigenvalue weighted by Gasteiger charge is 2.37. The Morgan fingerprint density at radius 2 is 1.89 bits per heavy atom. The van der Waals surface area contributed by atoms with Gasteiger partial charge in [-0.05, 0) is 44.2 Å². The molecule has 1 unspecified atom stereocenters. The van der Waals surface area contributed by atoms with Gasteiger partial charge in [0.2, 0.25) is 10.0 Å². The highest BCUT2D eigenvalue weighted by molar-refractivity contribution is 7.89. The van der Waals surface area contributed by atoms with Crippen LogP contribution in [0.4, 0.5) is 23.7 Å². The van der Waals surface area contributed by atoms with Crippen molar-refractivity contribution in [2.24, 2.45) is 0 Å². The molecular weight excluding hydrogens is 523 g/mol. The lowest BCUT2D eigenvalue weighted by Crippen LogP contribution is -2.41. The van der Waals surface area contributed by atoms with Crippen LogP contribution in [0.5, 0.6) is 5.75 Å². The number of ether oxygens (including phenoxy) is 1. The average Bonchev–Trinajstić information content (AvgIpc) is 3.31. The van der Waals surface area contributed by atoms with E-state index >= 15 is 0 Å². The molecule has 2 N–H and O–H groups in total. The fourth-order valence-corrected chi connectivity index (χ4v) is 5.93. The van der Waals surface area contributed by atoms with E-state index in [1.807, 2.05) is 36.1 Å². The number of benzene rings is 2. The number of rotatable bonds is 8. The number of hydrogen-bond donors (Lipinski definition) is 2. The lowest BCUT2D eigenvalue weighted by atomic mass is 10.1. The van der Waals surface area contributed by atoms with Gasteiger partial charge in [-0.3, -0.25) is 9.88 Å². The van der Waals surface area contributed by atoms with E-state index < -0.39 is 33.1 Å². The lowest BCUT2D eigenvalue weighted by Gasteiger charge is -2.25. The topological polar surface area (TPSA) is 104 Å². The number of aromatic nitrogens is 1. The van der Waals surface area contributed by atoms with Crippen LogP contribution in [0.1, 0.15) is 12.1 Å². The normalized spacial score (nSPS) is 16.6. The molecule has 2 amide bonds. The van der Waals surface area contributed by atoms with E-state index in [4.69, 9.17) is 0 Å². The molecule has 1 fully saturated rings. The second-order valence-corrected chi connectivity index (χ2v) is 10.9. The van der Waals surface area contributed by atoms with Crippen LogP contribution in [0.3, 0.4) is 0 Å². The quantitative estimate of drug-likeness (QED) is 0.439. The highest BCUT2D eigenvalue weighted by Crippen LogP contribution is 2.32. The summed E-state index contributed by atoms with van der Waals surface area (Å²) < 4.78 is 69.6. The van der Waals surface area contributed by atoms with Crippen LogP contribution in [0.15, 0.2) is 59.5 Å². The third-order valence-corrected chi connectivity index (χ3v) is 8.25. The number of nitrogens with one attached hydrogen (secondary N) is 2. The van der Waals surface area contributed by atoms with E-state index in [0.717, 1.165) is 33.0 Å². The minimum atomic E-state index is -5.02. The Bertz CT molecular complexity index is 1420. The number of para-hydroxylation sites is 2. The predicted octanol–water partition coefficient (Wildman–Crippen LogP) is 3.96. The molecule has 2 heterocycles. The molecule has 0 radical (unpaired) electrons. The van der Waals surface area contributed by atoms with E-state index in [-0.39, 0.29) is 6.03 Å². The fraction of sp³-hybridized carbons (Fsp3) is 0.360. The number of carbonyl (C=O) groups is 1. The van der Waals surface area contributed by atoms with E-state index in [1.54, 1.807) is 6.07 Å². The minimum absolute atomic E-state index is 0.319. The lowest BCUT2D eigenvalue weighted by molar-refractivity contribution is -0.275. The molecule has 13 heteroatoms. The molecule has 1 aliphatic heterocycles. The summed E-state index contributed by atoms with van der Waals surface area (Å²) in [5.74, 6) is -0.769. The first-order valence-corrected chi connectivity index (χ1v) is 13.3. The van der Waals surface area contributed by atoms with Crippen molar-refractivity contribution >= 4 is 32.6 Å². The van der Waals surface area contributed by atoms with Crippen LogP contribution < -0.4 is 15.4 Å². The van der Waals surface area contributed by atoms with Gasteiger partial charge in [-0.25, -0.2) is 13.2 Å². The zero-order valence-corrected chi connectivity index (χ0v) is 21.6. The van der Waals surface area contributed by atoms with E-state index in [2.05, 4.69) is 20.4 Å². The number of carbonyl (C=O) groups excluding carboxylic acids is 1. The standard InChI is InChI=1S/C25H28F3N5O4S/c1-17-15-21(19-7-3-4-8-20(19)30-17)31-24(34)29-12-14-33-13-11-18(16-33)32(2)38(35,36)23-10-6-5-9-22(23)37-25(26,27)28/h3-10,15,18H,11-14,16H2,1-2H3,(H2,29,30,31,34). The maximum Gasteiger partial charge on any atom is 0.573 e. The summed E-state index contributed by atoms with van der Waals surface area (Å²) >= 11 is 0. The summed E-state index contributed by atoms with van der Waals surface area (Å²) in [4.78, 5) is 18.4. The Morgan fingerprint density at radius 3 is 2.66 bits per heavy atom. The minimum Gasteiger partial charge on any atom is -0.404 e. The van der Waals surface area contributed by atoms with Gasteiger partial charge >= 0.3 is 12.4 Å². The summed E-state index contributed by atoms with van der Waals surface area (Å²) in [7, 11) is -2.89. The van der Waals surface area contributed by atoms with Crippen LogP contribution in [0.25, 0.3) is 10.9 Å². The molecule has 4 rings (SSSR count). The molecule has 1 aliphatic rings. The number of hydrogen-bond acceptors (Lipinski definition) is 6. The van der Waals surface area contributed by atoms with Gasteiger partial charge in [0.25, 0.3) is 0 Å². The zero-order valence-electron chi connectivity index (χ0n) is 20.8. The molecule has 0 aliphatic carbocycles. The van der Waals surface area contributed by atoms with Crippen molar-refractivity contribution in [2.75, 3.05) is 38.5 Å². The number of aryl methyl sites for hydroxylation is 1. The number of halogens is 3. The van der Waals surface area contributed by atoms with Crippen LogP contribution in [-0.2, 0) is 10.0 Å². The average molecular weight is 552 g/mol. The van der Waals surface area contributed by atoms with E-state index in [1.165, 1.54) is 19.2 Å². The van der Waals surface area contributed by atoms with E-state index in [9.17, 15) is 26.4 Å². The molecule has 0 spiro atoms. The maximum absolute atomic E-state index is 13.1. The van der Waals surface area contributed by atoms with E-state index in [0.29, 0.717) is 38.3 Å². The number of likely N-dealkylation sites (tertiary alicyclic amines) is 1. The molecule has 0 saturated carbocycles. The number of anilines is 1. The van der Waals surface area contributed by atoms with Crippen molar-refractivity contribution in [1.82, 2.24) is 19.5 Å². The van der Waals surface area contributed by atoms with Gasteiger partial charge in [0.05, 0.1) is 11.2 Å². The second kappa shape index (κ2) is 11.1. The van der Waals surface area contributed by atoms with Gasteiger partial charge in [-0.1, -0.05) is 30.3 Å². The highest BCUT2D eigenvalue weighted by atomic mass is 32.2. The number of urea groups is 1. The molecule has 2 aromatic carbocycles. The summed E-state index contributed by atoms with van der Waals surface area (Å²) in [5.41, 5.74) is 2.19. The molecular formula is C25H28F3N5O4S. The molecule has 1 atom stereocenters. The Kier molecular flexibility index (Phi) is 8.09. The first kappa shape index (κ1) is 27.6. The third-order valence-electron chi connectivity index (χ3n) is 6.30. The molecule has 204 valence electrons. The number of nitrogens with zero attached hydrogens (tertiary/aromatic N) is 3. The SMILES string of the molecule is Cc1cc(NC(=O)NCCN2CCC(N(C)S(=O)(=O)c3ccccc3OC(F)(F)F)C2)c2ccccc2n1. The number of fused-ring (bicyclic) bond motifs is 1. The van der Waals surface area contributed by atoms with Crippen molar-refractivity contribution in [3.8, 4) is 5.75 Å². The molecule has 38 heavy (non-hydrogen) atoms. The number of alkyl halides is 3. The summed E-state index contributed by atoms with van der Waals surface area (Å²) in [6.07, 6.45) is -4.52. The number of amides is 2. The Morgan fingerprint density at radius 1 is 1.18 bits per heavy atom. The maximum atomic E-state index is 13.1. The Labute approximate surface area is 218 Å². The van der Waals surface area contributed by atoms with Crippen LogP contribution in [0, 0.1) is 6.92 Å². The van der Waals surface area contributed by atoms with Crippen LogP contribution >= 0.6 is 0 Å². The molecule has 1 aromatic heterocycles. The van der Waals surface area contributed by atoms with Gasteiger partial charge in [0.15, 0.2) is 0 Å². The molecule has 0 bridgehead atoms. The van der Waals surface area contributed by atoms with Crippen molar-refractivity contribution < 1.29 is 31.1 Å². The Balaban J connectivity index is 1.31. The van der Waals surface area contributed by atoms with Crippen molar-refractivity contribution in [1.29, 1.82) is 0 Å². The van der Waals surface area contributed by atoms with Gasteiger partial charge in [0.1, 0.15) is 10.6 Å². The van der Waals surface area contributed by atoms with Crippen LogP contribution in [-0.4, -0.2) is 74.3 Å². The fourth-order valence-electron chi connectivity index (χ4n) is 4.44. The zero-order chi connectivity index (χ0) is 27.5. The Hall–Kier alpha value is -3.42. The molecule has 9 nitrogen and oxygen atoms in total. The largest absolute Gasteiger partial charge is 0.573 e. The summed E-state index contributed by atoms with van der Waals surface area (Å²) in [5, 5.41) is 6.48. The first-order chi connectivity index (χ1) is 17.9. The number of sulfonamides is 1. The summed E-state index contributed by atoms with van der Waals surface area (Å²) in [6, 6.07) is 13.1. The van der Waals surface area contributed by atoms with Crippen molar-refractivity contribution in [3.63, 3.8) is 0 Å². The van der Waals surface area contributed by atoms with Gasteiger partial charge in [0, 0.05) is 43.8 Å². The first-order valence-electron chi connectivity index (χ1n) is 11.9. The second-order valence-electron chi connectivity index (χ2n) is 8.97. The van der Waals surface area contributed by atoms with Gasteiger partial charge < -0.3 is 15.4 Å². The van der Waals surface area contributed by atoms with Gasteiger partial charge in [-0.2, -0.15) is 4.31 Å². The smallest absolute Gasteiger partial charge is 0.404 e. The number of pyridine rings is 1. The molecule has 1 saturated heterocycles. The monoisotopic (exact) mass is 551 g/mol.